The SMILES string of the molecule is CC(C)c1cnc(C(C)(C)C)o1. The van der Waals surface area contributed by atoms with E-state index in [-0.39, 0.29) is 5.41 Å². The molecule has 0 saturated carbocycles. The van der Waals surface area contributed by atoms with Gasteiger partial charge in [-0.15, -0.1) is 0 Å². The summed E-state index contributed by atoms with van der Waals surface area (Å²) in [5, 5.41) is 0. The quantitative estimate of drug-likeness (QED) is 0.642. The molecule has 0 bridgehead atoms. The average molecular weight is 167 g/mol. The highest BCUT2D eigenvalue weighted by atomic mass is 16.4. The number of oxazole rings is 1. The molecule has 0 saturated heterocycles. The molecule has 68 valence electrons. The first kappa shape index (κ1) is 9.30. The van der Waals surface area contributed by atoms with Gasteiger partial charge in [-0.25, -0.2) is 4.98 Å². The molecule has 0 radical (unpaired) electrons. The van der Waals surface area contributed by atoms with Gasteiger partial charge in [0.1, 0.15) is 5.76 Å². The van der Waals surface area contributed by atoms with Crippen LogP contribution in [0.2, 0.25) is 0 Å². The summed E-state index contributed by atoms with van der Waals surface area (Å²) in [4.78, 5) is 4.24. The number of rotatable bonds is 1. The third kappa shape index (κ3) is 1.87. The average Bonchev–Trinajstić information content (AvgIpc) is 2.30. The zero-order valence-electron chi connectivity index (χ0n) is 8.51. The van der Waals surface area contributed by atoms with E-state index in [0.717, 1.165) is 11.7 Å². The summed E-state index contributed by atoms with van der Waals surface area (Å²) >= 11 is 0. The van der Waals surface area contributed by atoms with Gasteiger partial charge in [-0.3, -0.25) is 0 Å². The van der Waals surface area contributed by atoms with E-state index < -0.39 is 0 Å². The Bertz CT molecular complexity index is 255. The predicted molar refractivity (Wildman–Crippen MR) is 49.3 cm³/mol. The van der Waals surface area contributed by atoms with Crippen LogP contribution in [0.15, 0.2) is 10.6 Å². The zero-order chi connectivity index (χ0) is 9.35. The van der Waals surface area contributed by atoms with Crippen LogP contribution in [0, 0.1) is 0 Å². The van der Waals surface area contributed by atoms with Crippen LogP contribution in [-0.2, 0) is 5.41 Å². The third-order valence-corrected chi connectivity index (χ3v) is 1.73. The van der Waals surface area contributed by atoms with Gasteiger partial charge in [0.15, 0.2) is 5.89 Å². The Morgan fingerprint density at radius 1 is 1.33 bits per heavy atom. The van der Waals surface area contributed by atoms with Crippen LogP contribution in [0.4, 0.5) is 0 Å². The summed E-state index contributed by atoms with van der Waals surface area (Å²) < 4.78 is 5.60. The van der Waals surface area contributed by atoms with Crippen LogP contribution in [0.1, 0.15) is 52.2 Å². The van der Waals surface area contributed by atoms with E-state index in [0.29, 0.717) is 5.92 Å². The van der Waals surface area contributed by atoms with Gasteiger partial charge in [0.05, 0.1) is 6.20 Å². The number of aromatic nitrogens is 1. The van der Waals surface area contributed by atoms with Crippen LogP contribution >= 0.6 is 0 Å². The molecule has 0 fully saturated rings. The fourth-order valence-electron chi connectivity index (χ4n) is 0.900. The lowest BCUT2D eigenvalue weighted by Crippen LogP contribution is -2.10. The maximum Gasteiger partial charge on any atom is 0.199 e. The first-order valence-electron chi connectivity index (χ1n) is 4.37. The van der Waals surface area contributed by atoms with E-state index in [4.69, 9.17) is 4.42 Å². The Balaban J connectivity index is 2.92. The molecule has 12 heavy (non-hydrogen) atoms. The summed E-state index contributed by atoms with van der Waals surface area (Å²) in [5.74, 6) is 2.22. The van der Waals surface area contributed by atoms with E-state index in [1.54, 1.807) is 0 Å². The minimum Gasteiger partial charge on any atom is -0.445 e. The number of hydrogen-bond donors (Lipinski definition) is 0. The predicted octanol–water partition coefficient (Wildman–Crippen LogP) is 3.10. The van der Waals surface area contributed by atoms with Crippen molar-refractivity contribution in [2.45, 2.75) is 46.0 Å². The molecule has 2 nitrogen and oxygen atoms in total. The molecule has 0 aliphatic carbocycles. The molecular formula is C10H17NO. The molecule has 0 aliphatic rings. The molecule has 1 aromatic rings. The van der Waals surface area contributed by atoms with Crippen molar-refractivity contribution in [3.8, 4) is 0 Å². The van der Waals surface area contributed by atoms with E-state index in [9.17, 15) is 0 Å². The smallest absolute Gasteiger partial charge is 0.199 e. The van der Waals surface area contributed by atoms with Crippen molar-refractivity contribution in [2.24, 2.45) is 0 Å². The van der Waals surface area contributed by atoms with Crippen LogP contribution in [0.3, 0.4) is 0 Å². The normalized spacial score (nSPS) is 12.5. The van der Waals surface area contributed by atoms with Crippen LogP contribution in [-0.4, -0.2) is 4.98 Å². The van der Waals surface area contributed by atoms with E-state index in [2.05, 4.69) is 39.6 Å². The van der Waals surface area contributed by atoms with Crippen molar-refractivity contribution in [1.29, 1.82) is 0 Å². The second-order valence-electron chi connectivity index (χ2n) is 4.47. The minimum atomic E-state index is 0.0210. The van der Waals surface area contributed by atoms with Gasteiger partial charge < -0.3 is 4.42 Å². The second kappa shape index (κ2) is 2.92. The summed E-state index contributed by atoms with van der Waals surface area (Å²) in [6.45, 7) is 10.5. The van der Waals surface area contributed by atoms with Crippen molar-refractivity contribution < 1.29 is 4.42 Å². The Hall–Kier alpha value is -0.790. The molecule has 0 N–H and O–H groups in total. The first-order chi connectivity index (χ1) is 5.41. The van der Waals surface area contributed by atoms with E-state index in [1.165, 1.54) is 0 Å². The monoisotopic (exact) mass is 167 g/mol. The van der Waals surface area contributed by atoms with Gasteiger partial charge in [-0.1, -0.05) is 34.6 Å². The standard InChI is InChI=1S/C10H17NO/c1-7(2)8-6-11-9(12-8)10(3,4)5/h6-7H,1-5H3. The van der Waals surface area contributed by atoms with Crippen molar-refractivity contribution in [3.63, 3.8) is 0 Å². The van der Waals surface area contributed by atoms with Gasteiger partial charge >= 0.3 is 0 Å². The fraction of sp³-hybridized carbons (Fsp3) is 0.700. The van der Waals surface area contributed by atoms with Crippen molar-refractivity contribution in [1.82, 2.24) is 4.98 Å². The summed E-state index contributed by atoms with van der Waals surface area (Å²) in [7, 11) is 0. The van der Waals surface area contributed by atoms with E-state index in [1.807, 2.05) is 6.20 Å². The first-order valence-corrected chi connectivity index (χ1v) is 4.37. The summed E-state index contributed by atoms with van der Waals surface area (Å²) in [5.41, 5.74) is 0.0210. The molecule has 0 unspecified atom stereocenters. The lowest BCUT2D eigenvalue weighted by atomic mass is 9.97. The molecule has 0 atom stereocenters. The Morgan fingerprint density at radius 2 is 1.92 bits per heavy atom. The Kier molecular flexibility index (Phi) is 2.27. The van der Waals surface area contributed by atoms with Crippen molar-refractivity contribution >= 4 is 0 Å². The molecule has 1 heterocycles. The number of hydrogen-bond acceptors (Lipinski definition) is 2. The Morgan fingerprint density at radius 3 is 2.17 bits per heavy atom. The van der Waals surface area contributed by atoms with E-state index >= 15 is 0 Å². The largest absolute Gasteiger partial charge is 0.445 e. The zero-order valence-corrected chi connectivity index (χ0v) is 8.51. The Labute approximate surface area is 74.0 Å². The maximum absolute atomic E-state index is 5.60. The summed E-state index contributed by atoms with van der Waals surface area (Å²) in [6, 6.07) is 0. The molecule has 0 aromatic carbocycles. The maximum atomic E-state index is 5.60. The van der Waals surface area contributed by atoms with Gasteiger partial charge in [0.25, 0.3) is 0 Å². The molecule has 1 rings (SSSR count). The highest BCUT2D eigenvalue weighted by molar-refractivity contribution is 5.04. The topological polar surface area (TPSA) is 26.0 Å². The molecule has 0 amide bonds. The van der Waals surface area contributed by atoms with Crippen LogP contribution in [0.5, 0.6) is 0 Å². The highest BCUT2D eigenvalue weighted by Crippen LogP contribution is 2.24. The summed E-state index contributed by atoms with van der Waals surface area (Å²) in [6.07, 6.45) is 1.82. The van der Waals surface area contributed by atoms with Gasteiger partial charge in [0.2, 0.25) is 0 Å². The number of nitrogens with zero attached hydrogens (tertiary/aromatic N) is 1. The minimum absolute atomic E-state index is 0.0210. The van der Waals surface area contributed by atoms with Crippen molar-refractivity contribution in [3.05, 3.63) is 17.8 Å². The lowest BCUT2D eigenvalue weighted by molar-refractivity contribution is 0.365. The molecule has 2 heteroatoms. The second-order valence-corrected chi connectivity index (χ2v) is 4.47. The van der Waals surface area contributed by atoms with Crippen LogP contribution < -0.4 is 0 Å². The molecule has 0 spiro atoms. The van der Waals surface area contributed by atoms with Gasteiger partial charge in [0, 0.05) is 11.3 Å². The van der Waals surface area contributed by atoms with Gasteiger partial charge in [-0.05, 0) is 0 Å². The van der Waals surface area contributed by atoms with Crippen LogP contribution in [0.25, 0.3) is 0 Å². The highest BCUT2D eigenvalue weighted by Gasteiger charge is 2.20. The van der Waals surface area contributed by atoms with Crippen molar-refractivity contribution in [2.75, 3.05) is 0 Å². The lowest BCUT2D eigenvalue weighted by Gasteiger charge is -2.12. The van der Waals surface area contributed by atoms with Gasteiger partial charge in [-0.2, -0.15) is 0 Å². The molecule has 0 aliphatic heterocycles. The third-order valence-electron chi connectivity index (χ3n) is 1.73. The molecular weight excluding hydrogens is 150 g/mol. The molecule has 1 aromatic heterocycles. The fourth-order valence-corrected chi connectivity index (χ4v) is 0.900.